The third-order valence-corrected chi connectivity index (χ3v) is 5.87. The molecule has 0 radical (unpaired) electrons. The summed E-state index contributed by atoms with van der Waals surface area (Å²) < 4.78 is 6.35. The highest BCUT2D eigenvalue weighted by Gasteiger charge is 2.11. The number of nitrogens with zero attached hydrogens (tertiary/aromatic N) is 2. The van der Waals surface area contributed by atoms with Crippen LogP contribution in [0.3, 0.4) is 0 Å². The van der Waals surface area contributed by atoms with Gasteiger partial charge in [0.05, 0.1) is 6.10 Å². The van der Waals surface area contributed by atoms with Crippen LogP contribution in [0.2, 0.25) is 0 Å². The maximum Gasteiger partial charge on any atom is 0.210 e. The van der Waals surface area contributed by atoms with Gasteiger partial charge in [-0.15, -0.1) is 10.2 Å². The predicted molar refractivity (Wildman–Crippen MR) is 113 cm³/mol. The molecule has 2 aromatic carbocycles. The average Bonchev–Trinajstić information content (AvgIpc) is 3.12. The molecule has 0 saturated heterocycles. The van der Waals surface area contributed by atoms with Crippen molar-refractivity contribution in [3.05, 3.63) is 59.7 Å². The minimum Gasteiger partial charge on any atom is -0.491 e. The van der Waals surface area contributed by atoms with Gasteiger partial charge in [-0.05, 0) is 43.7 Å². The van der Waals surface area contributed by atoms with Gasteiger partial charge in [0.1, 0.15) is 12.4 Å². The Labute approximate surface area is 172 Å². The zero-order chi connectivity index (χ0) is 19.9. The number of aromatic nitrogens is 2. The fraction of sp³-hybridized carbons (Fsp3) is 0.250. The third-order valence-electron chi connectivity index (χ3n) is 3.76. The number of hydrogen-bond donors (Lipinski definition) is 2. The van der Waals surface area contributed by atoms with E-state index in [2.05, 4.69) is 15.5 Å². The lowest BCUT2D eigenvalue weighted by Gasteiger charge is -2.11. The van der Waals surface area contributed by atoms with Crippen molar-refractivity contribution < 1.29 is 14.6 Å². The van der Waals surface area contributed by atoms with Crippen molar-refractivity contribution in [2.75, 3.05) is 17.7 Å². The van der Waals surface area contributed by atoms with E-state index in [-0.39, 0.29) is 12.4 Å². The maximum atomic E-state index is 11.4. The SMILES string of the molecule is CC(=O)c1cccc(OC[C@H](O)CSc2nnc(Nc3cccc(C)c3)s2)c1. The molecule has 28 heavy (non-hydrogen) atoms. The number of aryl methyl sites for hydroxylation is 1. The van der Waals surface area contributed by atoms with Crippen molar-refractivity contribution in [1.82, 2.24) is 10.2 Å². The number of carbonyl (C=O) groups excluding carboxylic acids is 1. The van der Waals surface area contributed by atoms with Crippen LogP contribution in [0.25, 0.3) is 0 Å². The van der Waals surface area contributed by atoms with Crippen LogP contribution in [0.1, 0.15) is 22.8 Å². The summed E-state index contributed by atoms with van der Waals surface area (Å²) in [5, 5.41) is 22.4. The summed E-state index contributed by atoms with van der Waals surface area (Å²) >= 11 is 2.86. The van der Waals surface area contributed by atoms with Crippen molar-refractivity contribution in [1.29, 1.82) is 0 Å². The van der Waals surface area contributed by atoms with E-state index in [0.29, 0.717) is 22.2 Å². The van der Waals surface area contributed by atoms with Gasteiger partial charge in [0.25, 0.3) is 0 Å². The second kappa shape index (κ2) is 9.68. The highest BCUT2D eigenvalue weighted by Crippen LogP contribution is 2.28. The number of anilines is 2. The van der Waals surface area contributed by atoms with Gasteiger partial charge in [-0.3, -0.25) is 4.79 Å². The van der Waals surface area contributed by atoms with E-state index in [0.717, 1.165) is 10.0 Å². The fourth-order valence-electron chi connectivity index (χ4n) is 2.38. The van der Waals surface area contributed by atoms with Gasteiger partial charge in [-0.25, -0.2) is 0 Å². The smallest absolute Gasteiger partial charge is 0.210 e. The number of hydrogen-bond acceptors (Lipinski definition) is 8. The number of benzene rings is 2. The largest absolute Gasteiger partial charge is 0.491 e. The predicted octanol–water partition coefficient (Wildman–Crippen LogP) is 4.32. The molecule has 1 aromatic heterocycles. The van der Waals surface area contributed by atoms with Crippen LogP contribution in [-0.2, 0) is 0 Å². The Bertz CT molecular complexity index is 946. The minimum absolute atomic E-state index is 0.0205. The molecule has 0 saturated carbocycles. The molecular formula is C20H21N3O3S2. The molecule has 0 aliphatic heterocycles. The van der Waals surface area contributed by atoms with E-state index in [4.69, 9.17) is 4.74 Å². The highest BCUT2D eigenvalue weighted by molar-refractivity contribution is 8.01. The second-order valence-electron chi connectivity index (χ2n) is 6.23. The Morgan fingerprint density at radius 3 is 2.86 bits per heavy atom. The van der Waals surface area contributed by atoms with E-state index in [1.165, 1.54) is 35.6 Å². The molecule has 0 bridgehead atoms. The normalized spacial score (nSPS) is 11.8. The van der Waals surface area contributed by atoms with E-state index >= 15 is 0 Å². The molecule has 146 valence electrons. The quantitative estimate of drug-likeness (QED) is 0.398. The van der Waals surface area contributed by atoms with E-state index in [1.54, 1.807) is 24.3 Å². The Balaban J connectivity index is 1.46. The number of Topliss-reactive ketones (excluding diaryl/α,β-unsaturated/α-hetero) is 1. The topological polar surface area (TPSA) is 84.3 Å². The first-order chi connectivity index (χ1) is 13.5. The molecule has 3 aromatic rings. The number of aliphatic hydroxyl groups is 1. The molecule has 1 heterocycles. The lowest BCUT2D eigenvalue weighted by molar-refractivity contribution is 0.101. The minimum atomic E-state index is -0.664. The number of aliphatic hydroxyl groups excluding tert-OH is 1. The van der Waals surface area contributed by atoms with Crippen molar-refractivity contribution >= 4 is 39.7 Å². The number of ether oxygens (including phenoxy) is 1. The monoisotopic (exact) mass is 415 g/mol. The molecule has 0 fully saturated rings. The summed E-state index contributed by atoms with van der Waals surface area (Å²) in [5.74, 6) is 0.982. The molecule has 0 aliphatic rings. The van der Waals surface area contributed by atoms with Crippen LogP contribution in [0, 0.1) is 6.92 Å². The van der Waals surface area contributed by atoms with Gasteiger partial charge in [-0.1, -0.05) is 47.4 Å². The molecule has 0 aliphatic carbocycles. The Morgan fingerprint density at radius 1 is 1.25 bits per heavy atom. The molecule has 0 amide bonds. The van der Waals surface area contributed by atoms with Crippen LogP contribution in [-0.4, -0.2) is 39.6 Å². The lowest BCUT2D eigenvalue weighted by Crippen LogP contribution is -2.20. The van der Waals surface area contributed by atoms with Crippen LogP contribution in [0.15, 0.2) is 52.9 Å². The molecule has 3 rings (SSSR count). The first-order valence-corrected chi connectivity index (χ1v) is 10.5. The van der Waals surface area contributed by atoms with Crippen LogP contribution in [0.5, 0.6) is 5.75 Å². The van der Waals surface area contributed by atoms with Crippen molar-refractivity contribution in [2.24, 2.45) is 0 Å². The molecule has 8 heteroatoms. The molecule has 0 unspecified atom stereocenters. The van der Waals surface area contributed by atoms with Crippen molar-refractivity contribution in [3.63, 3.8) is 0 Å². The first-order valence-electron chi connectivity index (χ1n) is 8.71. The average molecular weight is 416 g/mol. The van der Waals surface area contributed by atoms with Crippen molar-refractivity contribution in [3.8, 4) is 5.75 Å². The van der Waals surface area contributed by atoms with Crippen LogP contribution >= 0.6 is 23.1 Å². The summed E-state index contributed by atoms with van der Waals surface area (Å²) in [5.41, 5.74) is 2.72. The third kappa shape index (κ3) is 6.05. The van der Waals surface area contributed by atoms with Gasteiger partial charge in [-0.2, -0.15) is 0 Å². The molecule has 6 nitrogen and oxygen atoms in total. The standard InChI is InChI=1S/C20H21N3O3S2/c1-13-5-3-7-16(9-13)21-19-22-23-20(28-19)27-12-17(25)11-26-18-8-4-6-15(10-18)14(2)24/h3-10,17,25H,11-12H2,1-2H3,(H,21,22)/t17-/m0/s1. The summed E-state index contributed by atoms with van der Waals surface area (Å²) in [7, 11) is 0. The number of thioether (sulfide) groups is 1. The zero-order valence-electron chi connectivity index (χ0n) is 15.6. The first kappa shape index (κ1) is 20.3. The summed E-state index contributed by atoms with van der Waals surface area (Å²) in [4.78, 5) is 11.4. The lowest BCUT2D eigenvalue weighted by atomic mass is 10.1. The number of rotatable bonds is 9. The zero-order valence-corrected chi connectivity index (χ0v) is 17.2. The van der Waals surface area contributed by atoms with E-state index in [9.17, 15) is 9.90 Å². The Kier molecular flexibility index (Phi) is 7.02. The second-order valence-corrected chi connectivity index (χ2v) is 8.47. The van der Waals surface area contributed by atoms with Crippen LogP contribution < -0.4 is 10.1 Å². The molecule has 2 N–H and O–H groups in total. The van der Waals surface area contributed by atoms with Gasteiger partial charge in [0.15, 0.2) is 10.1 Å². The molecular weight excluding hydrogens is 394 g/mol. The molecule has 1 atom stereocenters. The number of nitrogens with one attached hydrogen (secondary N) is 1. The van der Waals surface area contributed by atoms with E-state index < -0.39 is 6.10 Å². The maximum absolute atomic E-state index is 11.4. The fourth-order valence-corrected chi connectivity index (χ4v) is 4.08. The summed E-state index contributed by atoms with van der Waals surface area (Å²) in [6.45, 7) is 3.68. The van der Waals surface area contributed by atoms with Gasteiger partial charge in [0, 0.05) is 17.0 Å². The number of carbonyl (C=O) groups is 1. The summed E-state index contributed by atoms with van der Waals surface area (Å²) in [6, 6.07) is 15.0. The van der Waals surface area contributed by atoms with E-state index in [1.807, 2.05) is 31.2 Å². The van der Waals surface area contributed by atoms with Gasteiger partial charge >= 0.3 is 0 Å². The van der Waals surface area contributed by atoms with Gasteiger partial charge in [0.2, 0.25) is 5.13 Å². The van der Waals surface area contributed by atoms with Gasteiger partial charge < -0.3 is 15.2 Å². The summed E-state index contributed by atoms with van der Waals surface area (Å²) in [6.07, 6.45) is -0.664. The molecule has 0 spiro atoms. The van der Waals surface area contributed by atoms with Crippen LogP contribution in [0.4, 0.5) is 10.8 Å². The van der Waals surface area contributed by atoms with Crippen molar-refractivity contribution in [2.45, 2.75) is 24.3 Å². The Hall–Kier alpha value is -2.42. The Morgan fingerprint density at radius 2 is 2.07 bits per heavy atom. The highest BCUT2D eigenvalue weighted by atomic mass is 32.2. The number of ketones is 1.